The van der Waals surface area contributed by atoms with Crippen LogP contribution in [0, 0.1) is 0 Å². The van der Waals surface area contributed by atoms with Crippen LogP contribution in [0.25, 0.3) is 0 Å². The predicted octanol–water partition coefficient (Wildman–Crippen LogP) is 3.68. The molecule has 1 unspecified atom stereocenters. The summed E-state index contributed by atoms with van der Waals surface area (Å²) in [6.07, 6.45) is 8.80. The Kier molecular flexibility index (Phi) is 6.52. The van der Waals surface area contributed by atoms with E-state index in [1.54, 1.807) is 0 Å². The van der Waals surface area contributed by atoms with Crippen molar-refractivity contribution in [2.45, 2.75) is 63.2 Å². The highest BCUT2D eigenvalue weighted by Gasteiger charge is 2.31. The Morgan fingerprint density at radius 1 is 1.12 bits per heavy atom. The van der Waals surface area contributed by atoms with Crippen LogP contribution in [0.15, 0.2) is 24.3 Å². The average molecular weight is 333 g/mol. The number of rotatable bonds is 8. The van der Waals surface area contributed by atoms with Crippen LogP contribution >= 0.6 is 0 Å². The van der Waals surface area contributed by atoms with E-state index in [2.05, 4.69) is 29.6 Å². The van der Waals surface area contributed by atoms with E-state index < -0.39 is 0 Å². The van der Waals surface area contributed by atoms with E-state index in [4.69, 9.17) is 14.2 Å². The second kappa shape index (κ2) is 8.84. The van der Waals surface area contributed by atoms with Gasteiger partial charge in [-0.25, -0.2) is 0 Å². The Morgan fingerprint density at radius 3 is 2.58 bits per heavy atom. The zero-order valence-electron chi connectivity index (χ0n) is 14.9. The number of methoxy groups -OCH3 is 1. The third-order valence-electron chi connectivity index (χ3n) is 5.36. The van der Waals surface area contributed by atoms with Crippen molar-refractivity contribution in [3.8, 4) is 5.75 Å². The molecule has 0 radical (unpaired) electrons. The first-order valence-electron chi connectivity index (χ1n) is 9.39. The van der Waals surface area contributed by atoms with E-state index in [1.807, 2.05) is 7.11 Å². The van der Waals surface area contributed by atoms with Crippen molar-refractivity contribution in [1.82, 2.24) is 5.32 Å². The van der Waals surface area contributed by atoms with Gasteiger partial charge in [0.1, 0.15) is 12.4 Å². The van der Waals surface area contributed by atoms with Crippen LogP contribution in [0.4, 0.5) is 0 Å². The van der Waals surface area contributed by atoms with Gasteiger partial charge in [0, 0.05) is 26.8 Å². The predicted molar refractivity (Wildman–Crippen MR) is 95.4 cm³/mol. The molecule has 0 spiro atoms. The summed E-state index contributed by atoms with van der Waals surface area (Å²) in [4.78, 5) is 0. The molecule has 1 heterocycles. The van der Waals surface area contributed by atoms with Crippen LogP contribution in [0.5, 0.6) is 5.75 Å². The molecular weight excluding hydrogens is 302 g/mol. The molecule has 1 saturated heterocycles. The fourth-order valence-corrected chi connectivity index (χ4v) is 3.75. The molecule has 1 aliphatic heterocycles. The highest BCUT2D eigenvalue weighted by atomic mass is 16.5. The molecule has 0 aromatic heterocycles. The van der Waals surface area contributed by atoms with Crippen LogP contribution in [-0.4, -0.2) is 38.6 Å². The van der Waals surface area contributed by atoms with Crippen LogP contribution in [0.2, 0.25) is 0 Å². The van der Waals surface area contributed by atoms with Crippen molar-refractivity contribution in [2.24, 2.45) is 0 Å². The molecule has 134 valence electrons. The molecule has 2 aliphatic rings. The molecule has 1 atom stereocenters. The van der Waals surface area contributed by atoms with E-state index in [1.165, 1.54) is 37.7 Å². The zero-order chi connectivity index (χ0) is 16.7. The number of hydrogen-bond acceptors (Lipinski definition) is 4. The lowest BCUT2D eigenvalue weighted by atomic mass is 9.84. The maximum Gasteiger partial charge on any atom is 0.119 e. The van der Waals surface area contributed by atoms with Crippen molar-refractivity contribution >= 4 is 0 Å². The summed E-state index contributed by atoms with van der Waals surface area (Å²) in [7, 11) is 1.85. The SMILES string of the molecule is COC1(CNCc2ccc(OCC3CCCO3)cc2)CCCCC1. The Bertz CT molecular complexity index is 476. The zero-order valence-corrected chi connectivity index (χ0v) is 14.9. The summed E-state index contributed by atoms with van der Waals surface area (Å²) in [6, 6.07) is 8.38. The highest BCUT2D eigenvalue weighted by molar-refractivity contribution is 5.27. The van der Waals surface area contributed by atoms with E-state index in [0.717, 1.165) is 38.3 Å². The minimum Gasteiger partial charge on any atom is -0.491 e. The van der Waals surface area contributed by atoms with Crippen molar-refractivity contribution in [3.05, 3.63) is 29.8 Å². The van der Waals surface area contributed by atoms with Gasteiger partial charge in [-0.2, -0.15) is 0 Å². The second-order valence-corrected chi connectivity index (χ2v) is 7.14. The molecule has 0 bridgehead atoms. The molecule has 4 nitrogen and oxygen atoms in total. The number of ether oxygens (including phenoxy) is 3. The summed E-state index contributed by atoms with van der Waals surface area (Å²) in [6.45, 7) is 3.34. The molecular formula is C20H31NO3. The van der Waals surface area contributed by atoms with Crippen molar-refractivity contribution < 1.29 is 14.2 Å². The van der Waals surface area contributed by atoms with E-state index in [0.29, 0.717) is 6.61 Å². The quantitative estimate of drug-likeness (QED) is 0.788. The second-order valence-electron chi connectivity index (χ2n) is 7.14. The Labute approximate surface area is 145 Å². The van der Waals surface area contributed by atoms with Crippen molar-refractivity contribution in [2.75, 3.05) is 26.9 Å². The monoisotopic (exact) mass is 333 g/mol. The molecule has 24 heavy (non-hydrogen) atoms. The van der Waals surface area contributed by atoms with Gasteiger partial charge in [0.25, 0.3) is 0 Å². The van der Waals surface area contributed by atoms with Gasteiger partial charge in [-0.05, 0) is 43.4 Å². The minimum atomic E-state index is 0.0442. The molecule has 1 saturated carbocycles. The van der Waals surface area contributed by atoms with Gasteiger partial charge >= 0.3 is 0 Å². The van der Waals surface area contributed by atoms with E-state index in [9.17, 15) is 0 Å². The van der Waals surface area contributed by atoms with E-state index in [-0.39, 0.29) is 11.7 Å². The lowest BCUT2D eigenvalue weighted by molar-refractivity contribution is -0.0377. The molecule has 2 fully saturated rings. The standard InChI is InChI=1S/C20H31NO3/c1-22-20(11-3-2-4-12-20)16-21-14-17-7-9-18(10-8-17)24-15-19-6-5-13-23-19/h7-10,19,21H,2-6,11-16H2,1H3. The fourth-order valence-electron chi connectivity index (χ4n) is 3.75. The number of benzene rings is 1. The Hall–Kier alpha value is -1.10. The Morgan fingerprint density at radius 2 is 1.92 bits per heavy atom. The molecule has 1 aromatic carbocycles. The first-order chi connectivity index (χ1) is 11.8. The lowest BCUT2D eigenvalue weighted by Gasteiger charge is -2.36. The molecule has 1 aliphatic carbocycles. The summed E-state index contributed by atoms with van der Waals surface area (Å²) < 4.78 is 17.2. The molecule has 0 amide bonds. The van der Waals surface area contributed by atoms with Gasteiger partial charge in [0.2, 0.25) is 0 Å². The maximum atomic E-state index is 5.82. The average Bonchev–Trinajstić information content (AvgIpc) is 3.15. The molecule has 3 rings (SSSR count). The van der Waals surface area contributed by atoms with Gasteiger partial charge in [-0.15, -0.1) is 0 Å². The summed E-state index contributed by atoms with van der Waals surface area (Å²) >= 11 is 0. The van der Waals surface area contributed by atoms with Gasteiger partial charge in [0.05, 0.1) is 11.7 Å². The highest BCUT2D eigenvalue weighted by Crippen LogP contribution is 2.30. The normalized spacial score (nSPS) is 23.3. The van der Waals surface area contributed by atoms with Crippen LogP contribution < -0.4 is 10.1 Å². The van der Waals surface area contributed by atoms with Gasteiger partial charge in [-0.1, -0.05) is 31.4 Å². The number of hydrogen-bond donors (Lipinski definition) is 1. The van der Waals surface area contributed by atoms with Crippen molar-refractivity contribution in [1.29, 1.82) is 0 Å². The first kappa shape index (κ1) is 17.7. The third kappa shape index (κ3) is 4.95. The Balaban J connectivity index is 1.40. The summed E-state index contributed by atoms with van der Waals surface area (Å²) in [5.74, 6) is 0.926. The van der Waals surface area contributed by atoms with E-state index >= 15 is 0 Å². The van der Waals surface area contributed by atoms with Gasteiger partial charge < -0.3 is 19.5 Å². The minimum absolute atomic E-state index is 0.0442. The molecule has 4 heteroatoms. The lowest BCUT2D eigenvalue weighted by Crippen LogP contribution is -2.43. The van der Waals surface area contributed by atoms with Crippen LogP contribution in [0.1, 0.15) is 50.5 Å². The number of nitrogens with one attached hydrogen (secondary N) is 1. The van der Waals surface area contributed by atoms with Crippen LogP contribution in [0.3, 0.4) is 0 Å². The summed E-state index contributed by atoms with van der Waals surface area (Å²) in [5.41, 5.74) is 1.32. The topological polar surface area (TPSA) is 39.7 Å². The largest absolute Gasteiger partial charge is 0.491 e. The molecule has 1 N–H and O–H groups in total. The van der Waals surface area contributed by atoms with Gasteiger partial charge in [-0.3, -0.25) is 0 Å². The smallest absolute Gasteiger partial charge is 0.119 e. The fraction of sp³-hybridized carbons (Fsp3) is 0.700. The van der Waals surface area contributed by atoms with Crippen molar-refractivity contribution in [3.63, 3.8) is 0 Å². The summed E-state index contributed by atoms with van der Waals surface area (Å²) in [5, 5.41) is 3.57. The first-order valence-corrected chi connectivity index (χ1v) is 9.39. The molecule has 1 aromatic rings. The van der Waals surface area contributed by atoms with Crippen LogP contribution in [-0.2, 0) is 16.0 Å². The maximum absolute atomic E-state index is 5.82. The van der Waals surface area contributed by atoms with Gasteiger partial charge in [0.15, 0.2) is 0 Å². The third-order valence-corrected chi connectivity index (χ3v) is 5.36.